The second kappa shape index (κ2) is 10.6. The van der Waals surface area contributed by atoms with Crippen LogP contribution in [0.4, 0.5) is 0 Å². The molecule has 0 N–H and O–H groups in total. The van der Waals surface area contributed by atoms with Gasteiger partial charge in [-0.3, -0.25) is 0 Å². The normalized spacial score (nSPS) is 13.7. The summed E-state index contributed by atoms with van der Waals surface area (Å²) >= 11 is 1.74. The third-order valence-corrected chi connectivity index (χ3v) is 4.79. The van der Waals surface area contributed by atoms with Crippen molar-refractivity contribution < 1.29 is 48.1 Å². The molecule has 0 heterocycles. The monoisotopic (exact) mass is 503 g/mol. The van der Waals surface area contributed by atoms with Gasteiger partial charge in [0.2, 0.25) is 0 Å². The topological polar surface area (TPSA) is 0 Å². The van der Waals surface area contributed by atoms with Crippen molar-refractivity contribution in [3.63, 3.8) is 0 Å². The molecule has 0 aromatic heterocycles. The van der Waals surface area contributed by atoms with Crippen LogP contribution in [0.2, 0.25) is 13.1 Å². The minimum atomic E-state index is 0. The third-order valence-electron chi connectivity index (χ3n) is 4.79. The zero-order chi connectivity index (χ0) is 18.9. The van der Waals surface area contributed by atoms with E-state index >= 15 is 0 Å². The van der Waals surface area contributed by atoms with E-state index < -0.39 is 0 Å². The summed E-state index contributed by atoms with van der Waals surface area (Å²) in [6, 6.07) is 16.9. The van der Waals surface area contributed by atoms with Gasteiger partial charge in [0.05, 0.1) is 0 Å². The summed E-state index contributed by atoms with van der Waals surface area (Å²) in [6.07, 6.45) is 6.78. The molecule has 0 radical (unpaired) electrons. The van der Waals surface area contributed by atoms with Crippen molar-refractivity contribution in [1.82, 2.24) is 0 Å². The second-order valence-electron chi connectivity index (χ2n) is 8.38. The van der Waals surface area contributed by atoms with Crippen LogP contribution in [0, 0.1) is 11.5 Å². The Morgan fingerprint density at radius 1 is 0.964 bits per heavy atom. The van der Waals surface area contributed by atoms with Crippen LogP contribution in [-0.4, -0.2) is 5.43 Å². The van der Waals surface area contributed by atoms with Gasteiger partial charge in [0.25, 0.3) is 0 Å². The van der Waals surface area contributed by atoms with Gasteiger partial charge < -0.3 is 24.8 Å². The van der Waals surface area contributed by atoms with E-state index in [1.54, 1.807) is 23.3 Å². The van der Waals surface area contributed by atoms with Gasteiger partial charge in [-0.2, -0.15) is 0 Å². The maximum absolute atomic E-state index is 3.68. The van der Waals surface area contributed by atoms with E-state index in [-0.39, 0.29) is 35.7 Å². The largest absolute Gasteiger partial charge is 1.00 e. The molecule has 0 unspecified atom stereocenters. The molecule has 0 fully saturated rings. The SMILES string of the molecule is CC(C)(C)C1=CCC(c2[c-]c3c(cc2)-c2ccccc2C3)=C1.C[Si](C)=[Zr+2].[Cl-].[Cl-]. The Balaban J connectivity index is 0.000000601. The fourth-order valence-corrected chi connectivity index (χ4v) is 3.48. The van der Waals surface area contributed by atoms with Gasteiger partial charge in [-0.1, -0.05) is 73.9 Å². The smallest absolute Gasteiger partial charge is 1.00 e. The zero-order valence-electron chi connectivity index (χ0n) is 17.3. The van der Waals surface area contributed by atoms with Crippen molar-refractivity contribution >= 4 is 11.0 Å². The number of hydrogen-bond acceptors (Lipinski definition) is 0. The molecule has 2 aromatic rings. The maximum atomic E-state index is 3.68. The minimum Gasteiger partial charge on any atom is -1.00 e. The molecule has 0 aliphatic heterocycles. The molecular formula is C24H27Cl2SiZr-. The van der Waals surface area contributed by atoms with Gasteiger partial charge in [-0.15, -0.1) is 34.9 Å². The van der Waals surface area contributed by atoms with Crippen LogP contribution in [-0.2, 0) is 29.8 Å². The van der Waals surface area contributed by atoms with E-state index in [1.165, 1.54) is 39.0 Å². The first-order valence-electron chi connectivity index (χ1n) is 9.32. The molecule has 0 saturated carbocycles. The maximum Gasteiger partial charge on any atom is -1.00 e. The molecule has 4 rings (SSSR count). The van der Waals surface area contributed by atoms with Crippen molar-refractivity contribution in [3.8, 4) is 11.1 Å². The van der Waals surface area contributed by atoms with E-state index in [0.29, 0.717) is 0 Å². The Hall–Kier alpha value is -0.400. The third kappa shape index (κ3) is 6.05. The number of hydrogen-bond donors (Lipinski definition) is 0. The zero-order valence-corrected chi connectivity index (χ0v) is 22.3. The summed E-state index contributed by atoms with van der Waals surface area (Å²) in [5, 5.41) is 0. The Morgan fingerprint density at radius 2 is 1.61 bits per heavy atom. The number of rotatable bonds is 1. The molecule has 28 heavy (non-hydrogen) atoms. The van der Waals surface area contributed by atoms with E-state index in [1.807, 2.05) is 0 Å². The van der Waals surface area contributed by atoms with Crippen molar-refractivity contribution in [2.75, 3.05) is 0 Å². The van der Waals surface area contributed by atoms with Crippen molar-refractivity contribution in [1.29, 1.82) is 0 Å². The molecule has 0 atom stereocenters. The number of benzene rings is 2. The van der Waals surface area contributed by atoms with Crippen LogP contribution in [0.25, 0.3) is 16.7 Å². The number of halogens is 2. The van der Waals surface area contributed by atoms with E-state index in [9.17, 15) is 0 Å². The fourth-order valence-electron chi connectivity index (χ4n) is 3.48. The number of fused-ring (bicyclic) bond motifs is 3. The van der Waals surface area contributed by atoms with Gasteiger partial charge in [0.15, 0.2) is 0 Å². The first-order chi connectivity index (χ1) is 12.3. The molecule has 2 aromatic carbocycles. The molecule has 4 heteroatoms. The van der Waals surface area contributed by atoms with Gasteiger partial charge in [0.1, 0.15) is 0 Å². The summed E-state index contributed by atoms with van der Waals surface area (Å²) in [5.41, 5.74) is 10.1. The van der Waals surface area contributed by atoms with Crippen molar-refractivity contribution in [2.24, 2.45) is 5.41 Å². The Bertz CT molecular complexity index is 916. The first kappa shape index (κ1) is 25.6. The van der Waals surface area contributed by atoms with E-state index in [4.69, 9.17) is 0 Å². The molecule has 0 bridgehead atoms. The fraction of sp³-hybridized carbons (Fsp3) is 0.333. The van der Waals surface area contributed by atoms with Gasteiger partial charge in [0, 0.05) is 0 Å². The van der Waals surface area contributed by atoms with Crippen LogP contribution in [0.5, 0.6) is 0 Å². The van der Waals surface area contributed by atoms with E-state index in [2.05, 4.69) is 88.5 Å². The predicted octanol–water partition coefficient (Wildman–Crippen LogP) is 0.610. The van der Waals surface area contributed by atoms with Crippen molar-refractivity contribution in [2.45, 2.75) is 46.7 Å². The average Bonchev–Trinajstić information content (AvgIpc) is 3.18. The Labute approximate surface area is 198 Å². The van der Waals surface area contributed by atoms with Gasteiger partial charge in [-0.25, -0.2) is 0 Å². The standard InChI is InChI=1S/C22H21.C2H6Si.2ClH.Zr/c1-22(2,3)19-10-8-16(14-19)15-9-11-21-18(12-15)13-17-6-4-5-7-20(17)21;1-3-2;;;/h4-7,9-11,14H,8,13H2,1-3H3;1-2H3;2*1H;/q-1;;;;+2/p-2. The van der Waals surface area contributed by atoms with E-state index in [0.717, 1.165) is 12.8 Å². The molecule has 0 saturated heterocycles. The summed E-state index contributed by atoms with van der Waals surface area (Å²) < 4.78 is 0. The summed E-state index contributed by atoms with van der Waals surface area (Å²) in [6.45, 7) is 11.5. The van der Waals surface area contributed by atoms with Gasteiger partial charge in [-0.05, 0) is 23.8 Å². The first-order valence-corrected chi connectivity index (χ1v) is 15.5. The van der Waals surface area contributed by atoms with Crippen molar-refractivity contribution in [3.05, 3.63) is 76.9 Å². The van der Waals surface area contributed by atoms with Crippen LogP contribution < -0.4 is 24.8 Å². The van der Waals surface area contributed by atoms with Crippen LogP contribution in [0.15, 0.2) is 54.1 Å². The summed E-state index contributed by atoms with van der Waals surface area (Å²) in [4.78, 5) is 0. The minimum absolute atomic E-state index is 0. The average molecular weight is 506 g/mol. The molecule has 2 aliphatic rings. The Morgan fingerprint density at radius 3 is 2.21 bits per heavy atom. The van der Waals surface area contributed by atoms with Crippen LogP contribution in [0.3, 0.4) is 0 Å². The molecular weight excluding hydrogens is 478 g/mol. The second-order valence-corrected chi connectivity index (χ2v) is 17.8. The molecule has 0 nitrogen and oxygen atoms in total. The quantitative estimate of drug-likeness (QED) is 0.336. The molecule has 0 amide bonds. The predicted molar refractivity (Wildman–Crippen MR) is 111 cm³/mol. The van der Waals surface area contributed by atoms with Gasteiger partial charge >= 0.3 is 41.9 Å². The van der Waals surface area contributed by atoms with Crippen LogP contribution in [0.1, 0.15) is 43.9 Å². The molecule has 2 aliphatic carbocycles. The molecule has 0 spiro atoms. The summed E-state index contributed by atoms with van der Waals surface area (Å²) in [5.74, 6) is 0. The number of allylic oxidation sites excluding steroid dienone is 4. The Kier molecular flexibility index (Phi) is 9.68. The summed E-state index contributed by atoms with van der Waals surface area (Å²) in [7, 11) is 0. The molecule has 146 valence electrons. The van der Waals surface area contributed by atoms with Crippen LogP contribution >= 0.6 is 0 Å².